The minimum atomic E-state index is -0.148. The van der Waals surface area contributed by atoms with E-state index in [2.05, 4.69) is 9.88 Å². The maximum Gasteiger partial charge on any atom is 0.256 e. The van der Waals surface area contributed by atoms with Gasteiger partial charge >= 0.3 is 0 Å². The van der Waals surface area contributed by atoms with Crippen molar-refractivity contribution < 1.29 is 9.53 Å². The van der Waals surface area contributed by atoms with Gasteiger partial charge in [-0.05, 0) is 69.5 Å². The van der Waals surface area contributed by atoms with E-state index in [1.807, 2.05) is 32.0 Å². The van der Waals surface area contributed by atoms with E-state index in [1.54, 1.807) is 4.90 Å². The Balaban J connectivity index is 1.51. The van der Waals surface area contributed by atoms with E-state index in [9.17, 15) is 9.59 Å². The van der Waals surface area contributed by atoms with Crippen molar-refractivity contribution >= 4 is 17.5 Å². The molecule has 4 rings (SSSR count). The number of nitrogens with zero attached hydrogens (tertiary/aromatic N) is 2. The molecule has 2 aliphatic rings. The van der Waals surface area contributed by atoms with Crippen molar-refractivity contribution in [3.8, 4) is 5.75 Å². The van der Waals surface area contributed by atoms with E-state index in [0.717, 1.165) is 36.5 Å². The number of ether oxygens (including phenoxy) is 1. The van der Waals surface area contributed by atoms with Crippen LogP contribution in [0.3, 0.4) is 0 Å². The third-order valence-corrected chi connectivity index (χ3v) is 6.43. The highest BCUT2D eigenvalue weighted by molar-refractivity contribution is 6.35. The second-order valence-corrected chi connectivity index (χ2v) is 8.61. The number of aryl methyl sites for hydroxylation is 2. The molecule has 0 radical (unpaired) electrons. The predicted octanol–water partition coefficient (Wildman–Crippen LogP) is 3.32. The Morgan fingerprint density at radius 3 is 2.63 bits per heavy atom. The zero-order chi connectivity index (χ0) is 21.3. The molecule has 6 nitrogen and oxygen atoms in total. The van der Waals surface area contributed by atoms with Gasteiger partial charge in [0, 0.05) is 24.3 Å². The van der Waals surface area contributed by atoms with Crippen LogP contribution in [-0.4, -0.2) is 53.5 Å². The molecule has 2 aromatic rings. The molecule has 1 saturated heterocycles. The van der Waals surface area contributed by atoms with Crippen molar-refractivity contribution in [2.75, 3.05) is 32.8 Å². The van der Waals surface area contributed by atoms with Crippen LogP contribution >= 0.6 is 11.6 Å². The molecule has 3 heterocycles. The Bertz CT molecular complexity index is 1010. The molecule has 0 aliphatic carbocycles. The summed E-state index contributed by atoms with van der Waals surface area (Å²) in [5.41, 5.74) is 3.61. The van der Waals surface area contributed by atoms with E-state index >= 15 is 0 Å². The summed E-state index contributed by atoms with van der Waals surface area (Å²) in [6.07, 6.45) is 3.19. The predicted molar refractivity (Wildman–Crippen MR) is 118 cm³/mol. The number of halogens is 1. The minimum absolute atomic E-state index is 0.142. The Morgan fingerprint density at radius 2 is 1.90 bits per heavy atom. The number of pyridine rings is 1. The summed E-state index contributed by atoms with van der Waals surface area (Å²) >= 11 is 6.61. The monoisotopic (exact) mass is 429 g/mol. The van der Waals surface area contributed by atoms with Crippen LogP contribution in [0.15, 0.2) is 23.0 Å². The Labute approximate surface area is 181 Å². The van der Waals surface area contributed by atoms with Crippen molar-refractivity contribution in [2.45, 2.75) is 39.7 Å². The molecular formula is C23H28ClN3O3. The van der Waals surface area contributed by atoms with Crippen molar-refractivity contribution in [1.82, 2.24) is 14.8 Å². The van der Waals surface area contributed by atoms with Crippen molar-refractivity contribution in [3.63, 3.8) is 0 Å². The lowest BCUT2D eigenvalue weighted by Crippen LogP contribution is -2.39. The fourth-order valence-electron chi connectivity index (χ4n) is 4.37. The molecule has 0 atom stereocenters. The summed E-state index contributed by atoms with van der Waals surface area (Å²) in [5.74, 6) is 0.403. The number of carbonyl (C=O) groups excluding carboxylic acids is 1. The van der Waals surface area contributed by atoms with Crippen molar-refractivity contribution in [2.24, 2.45) is 0 Å². The number of fused-ring (bicyclic) bond motifs is 1. The molecule has 1 aromatic heterocycles. The second-order valence-electron chi connectivity index (χ2n) is 8.23. The van der Waals surface area contributed by atoms with E-state index in [0.29, 0.717) is 41.5 Å². The summed E-state index contributed by atoms with van der Waals surface area (Å²) in [5, 5.41) is 0.373. The molecular weight excluding hydrogens is 402 g/mol. The lowest BCUT2D eigenvalue weighted by atomic mass is 9.97. The summed E-state index contributed by atoms with van der Waals surface area (Å²) in [6.45, 7) is 8.24. The highest BCUT2D eigenvalue weighted by atomic mass is 35.5. The van der Waals surface area contributed by atoms with Crippen LogP contribution < -0.4 is 10.3 Å². The summed E-state index contributed by atoms with van der Waals surface area (Å²) in [7, 11) is 0. The number of aromatic nitrogens is 1. The summed E-state index contributed by atoms with van der Waals surface area (Å²) in [4.78, 5) is 32.5. The van der Waals surface area contributed by atoms with E-state index < -0.39 is 0 Å². The molecule has 1 aromatic carbocycles. The van der Waals surface area contributed by atoms with Crippen LogP contribution in [0, 0.1) is 13.8 Å². The smallest absolute Gasteiger partial charge is 0.256 e. The molecule has 2 aliphatic heterocycles. The molecule has 0 saturated carbocycles. The molecule has 0 spiro atoms. The van der Waals surface area contributed by atoms with Gasteiger partial charge in [0.1, 0.15) is 12.4 Å². The molecule has 1 N–H and O–H groups in total. The van der Waals surface area contributed by atoms with Crippen molar-refractivity contribution in [1.29, 1.82) is 0 Å². The van der Waals surface area contributed by atoms with E-state index in [4.69, 9.17) is 16.3 Å². The number of hydrogen-bond acceptors (Lipinski definition) is 4. The van der Waals surface area contributed by atoms with E-state index in [-0.39, 0.29) is 18.0 Å². The first-order chi connectivity index (χ1) is 14.4. The SMILES string of the molecule is Cc1cc(C)c(CN2CCc3ccc(OCCN4CCCC4)c(Cl)c3C2=O)c(=O)[nH]1. The largest absolute Gasteiger partial charge is 0.491 e. The van der Waals surface area contributed by atoms with Crippen LogP contribution in [-0.2, 0) is 13.0 Å². The molecule has 1 fully saturated rings. The topological polar surface area (TPSA) is 65.6 Å². The fourth-order valence-corrected chi connectivity index (χ4v) is 4.69. The van der Waals surface area contributed by atoms with Gasteiger partial charge in [0.2, 0.25) is 0 Å². The normalized spacial score (nSPS) is 16.8. The highest BCUT2D eigenvalue weighted by Gasteiger charge is 2.29. The highest BCUT2D eigenvalue weighted by Crippen LogP contribution is 2.34. The quantitative estimate of drug-likeness (QED) is 0.765. The number of likely N-dealkylation sites (tertiary alicyclic amines) is 1. The minimum Gasteiger partial charge on any atom is -0.491 e. The molecule has 7 heteroatoms. The average Bonchev–Trinajstić information content (AvgIpc) is 3.21. The number of nitrogens with one attached hydrogen (secondary N) is 1. The van der Waals surface area contributed by atoms with Crippen LogP contribution in [0.4, 0.5) is 0 Å². The van der Waals surface area contributed by atoms with Gasteiger partial charge in [-0.3, -0.25) is 14.5 Å². The summed E-state index contributed by atoms with van der Waals surface area (Å²) in [6, 6.07) is 5.73. The number of rotatable bonds is 6. The van der Waals surface area contributed by atoms with Crippen LogP contribution in [0.2, 0.25) is 5.02 Å². The third-order valence-electron chi connectivity index (χ3n) is 6.05. The number of H-pyrrole nitrogens is 1. The number of carbonyl (C=O) groups is 1. The second kappa shape index (κ2) is 8.82. The standard InChI is InChI=1S/C23H28ClN3O3/c1-15-13-16(2)25-22(28)18(15)14-27-10-7-17-5-6-19(21(24)20(17)23(27)29)30-12-11-26-8-3-4-9-26/h5-6,13H,3-4,7-12,14H2,1-2H3,(H,25,28). The van der Waals surface area contributed by atoms with Gasteiger partial charge in [-0.1, -0.05) is 17.7 Å². The number of aromatic amines is 1. The Morgan fingerprint density at radius 1 is 1.13 bits per heavy atom. The van der Waals surface area contributed by atoms with Crippen LogP contribution in [0.5, 0.6) is 5.75 Å². The molecule has 0 unspecified atom stereocenters. The zero-order valence-corrected chi connectivity index (χ0v) is 18.3. The average molecular weight is 430 g/mol. The molecule has 160 valence electrons. The van der Waals surface area contributed by atoms with Gasteiger partial charge < -0.3 is 14.6 Å². The number of amides is 1. The number of hydrogen-bond donors (Lipinski definition) is 1. The van der Waals surface area contributed by atoms with Crippen LogP contribution in [0.1, 0.15) is 45.6 Å². The zero-order valence-electron chi connectivity index (χ0n) is 17.6. The molecule has 30 heavy (non-hydrogen) atoms. The first kappa shape index (κ1) is 20.9. The van der Waals surface area contributed by atoms with Gasteiger partial charge in [-0.2, -0.15) is 0 Å². The fraction of sp³-hybridized carbons (Fsp3) is 0.478. The molecule has 0 bridgehead atoms. The first-order valence-electron chi connectivity index (χ1n) is 10.6. The van der Waals surface area contributed by atoms with Gasteiger partial charge in [-0.25, -0.2) is 0 Å². The van der Waals surface area contributed by atoms with Crippen molar-refractivity contribution in [3.05, 3.63) is 61.5 Å². The van der Waals surface area contributed by atoms with Gasteiger partial charge in [0.25, 0.3) is 11.5 Å². The Hall–Kier alpha value is -2.31. The lowest BCUT2D eigenvalue weighted by molar-refractivity contribution is 0.0725. The molecule has 1 amide bonds. The van der Waals surface area contributed by atoms with Gasteiger partial charge in [-0.15, -0.1) is 0 Å². The lowest BCUT2D eigenvalue weighted by Gasteiger charge is -2.30. The summed E-state index contributed by atoms with van der Waals surface area (Å²) < 4.78 is 5.92. The van der Waals surface area contributed by atoms with Gasteiger partial charge in [0.05, 0.1) is 17.1 Å². The number of benzene rings is 1. The maximum absolute atomic E-state index is 13.2. The van der Waals surface area contributed by atoms with E-state index in [1.165, 1.54) is 12.8 Å². The Kier molecular flexibility index (Phi) is 6.16. The van der Waals surface area contributed by atoms with Gasteiger partial charge in [0.15, 0.2) is 0 Å². The first-order valence-corrected chi connectivity index (χ1v) is 11.0. The maximum atomic E-state index is 13.2. The third kappa shape index (κ3) is 4.25. The van der Waals surface area contributed by atoms with Crippen LogP contribution in [0.25, 0.3) is 0 Å².